The lowest BCUT2D eigenvalue weighted by Crippen LogP contribution is -1.93. The van der Waals surface area contributed by atoms with Crippen LogP contribution in [-0.2, 0) is 0 Å². The maximum absolute atomic E-state index is 4.41. The van der Waals surface area contributed by atoms with Crippen molar-refractivity contribution in [3.05, 3.63) is 30.1 Å². The largest absolute Gasteiger partial charge is 0.262 e. The van der Waals surface area contributed by atoms with Crippen LogP contribution in [0.3, 0.4) is 0 Å². The van der Waals surface area contributed by atoms with Crippen molar-refractivity contribution in [1.29, 1.82) is 0 Å². The van der Waals surface area contributed by atoms with Crippen molar-refractivity contribution in [2.24, 2.45) is 4.99 Å². The van der Waals surface area contributed by atoms with Gasteiger partial charge in [-0.1, -0.05) is 20.4 Å². The highest BCUT2D eigenvalue weighted by molar-refractivity contribution is 5.61. The van der Waals surface area contributed by atoms with Gasteiger partial charge in [-0.3, -0.25) is 9.98 Å². The van der Waals surface area contributed by atoms with Crippen LogP contribution in [0.1, 0.15) is 31.2 Å². The molecule has 0 saturated carbocycles. The molecule has 1 rings (SSSR count). The lowest BCUT2D eigenvalue weighted by atomic mass is 10.1. The molecular formula is C11H14N2. The summed E-state index contributed by atoms with van der Waals surface area (Å²) >= 11 is 0. The summed E-state index contributed by atoms with van der Waals surface area (Å²) in [4.78, 5) is 8.27. The summed E-state index contributed by atoms with van der Waals surface area (Å²) in [5.74, 6) is 0.428. The number of nitrogens with zero attached hydrogens (tertiary/aromatic N) is 2. The minimum Gasteiger partial charge on any atom is -0.262 e. The van der Waals surface area contributed by atoms with Crippen LogP contribution in [-0.4, -0.2) is 11.7 Å². The van der Waals surface area contributed by atoms with Crippen LogP contribution in [0, 0.1) is 0 Å². The maximum atomic E-state index is 4.41. The summed E-state index contributed by atoms with van der Waals surface area (Å²) < 4.78 is 0. The van der Waals surface area contributed by atoms with E-state index in [1.807, 2.05) is 12.1 Å². The number of rotatable bonds is 3. The number of pyridine rings is 1. The quantitative estimate of drug-likeness (QED) is 0.646. The number of hydrogen-bond acceptors (Lipinski definition) is 2. The van der Waals surface area contributed by atoms with Gasteiger partial charge >= 0.3 is 0 Å². The smallest absolute Gasteiger partial charge is 0.0883 e. The van der Waals surface area contributed by atoms with E-state index in [0.29, 0.717) is 5.92 Å². The van der Waals surface area contributed by atoms with Gasteiger partial charge < -0.3 is 0 Å². The molecule has 2 nitrogen and oxygen atoms in total. The Labute approximate surface area is 79.0 Å². The topological polar surface area (TPSA) is 25.2 Å². The molecule has 1 aromatic rings. The Hall–Kier alpha value is -1.44. The number of aromatic nitrogens is 1. The highest BCUT2D eigenvalue weighted by atomic mass is 14.8. The third-order valence-electron chi connectivity index (χ3n) is 1.88. The van der Waals surface area contributed by atoms with E-state index in [4.69, 9.17) is 0 Å². The van der Waals surface area contributed by atoms with Gasteiger partial charge in [0.05, 0.1) is 11.4 Å². The Morgan fingerprint density at radius 2 is 2.15 bits per heavy atom. The van der Waals surface area contributed by atoms with Crippen LogP contribution >= 0.6 is 0 Å². The normalized spacial score (nSPS) is 10.1. The number of aliphatic imine (C=N–C) groups is 1. The summed E-state index contributed by atoms with van der Waals surface area (Å²) in [5, 5.41) is 0. The summed E-state index contributed by atoms with van der Waals surface area (Å²) in [6.45, 7) is 11.4. The van der Waals surface area contributed by atoms with Crippen LogP contribution in [0.15, 0.2) is 23.7 Å². The summed E-state index contributed by atoms with van der Waals surface area (Å²) in [7, 11) is 0. The van der Waals surface area contributed by atoms with Gasteiger partial charge in [-0.15, -0.1) is 0 Å². The second kappa shape index (κ2) is 3.99. The van der Waals surface area contributed by atoms with Crippen LogP contribution in [0.4, 0.5) is 5.69 Å². The Bertz CT molecular complexity index is 327. The Kier molecular flexibility index (Phi) is 2.96. The van der Waals surface area contributed by atoms with Gasteiger partial charge in [0.15, 0.2) is 0 Å². The first kappa shape index (κ1) is 9.65. The molecule has 0 amide bonds. The van der Waals surface area contributed by atoms with Crippen molar-refractivity contribution >= 4 is 18.5 Å². The van der Waals surface area contributed by atoms with E-state index in [1.54, 1.807) is 6.08 Å². The number of hydrogen-bond donors (Lipinski definition) is 0. The predicted octanol–water partition coefficient (Wildman–Crippen LogP) is 3.18. The van der Waals surface area contributed by atoms with E-state index in [0.717, 1.165) is 17.1 Å². The SMILES string of the molecule is C=Cc1nc(C(C)C)ccc1N=C. The van der Waals surface area contributed by atoms with E-state index in [1.165, 1.54) is 0 Å². The van der Waals surface area contributed by atoms with Crippen molar-refractivity contribution < 1.29 is 0 Å². The maximum Gasteiger partial charge on any atom is 0.0883 e. The minimum atomic E-state index is 0.428. The molecule has 0 unspecified atom stereocenters. The molecule has 0 atom stereocenters. The van der Waals surface area contributed by atoms with Gasteiger partial charge in [-0.05, 0) is 30.8 Å². The molecule has 1 heterocycles. The fourth-order valence-corrected chi connectivity index (χ4v) is 1.09. The van der Waals surface area contributed by atoms with Gasteiger partial charge in [0.25, 0.3) is 0 Å². The average molecular weight is 174 g/mol. The average Bonchev–Trinajstić information content (AvgIpc) is 2.16. The van der Waals surface area contributed by atoms with Gasteiger partial charge in [0, 0.05) is 5.69 Å². The molecule has 0 saturated heterocycles. The molecule has 0 spiro atoms. The molecule has 0 fully saturated rings. The molecule has 0 aliphatic rings. The monoisotopic (exact) mass is 174 g/mol. The molecule has 0 aromatic carbocycles. The fraction of sp³-hybridized carbons (Fsp3) is 0.273. The molecular weight excluding hydrogens is 160 g/mol. The molecule has 0 N–H and O–H groups in total. The van der Waals surface area contributed by atoms with Gasteiger partial charge in [-0.2, -0.15) is 0 Å². The van der Waals surface area contributed by atoms with Crippen molar-refractivity contribution in [2.45, 2.75) is 19.8 Å². The van der Waals surface area contributed by atoms with E-state index < -0.39 is 0 Å². The zero-order valence-corrected chi connectivity index (χ0v) is 8.12. The molecule has 1 aromatic heterocycles. The van der Waals surface area contributed by atoms with E-state index in [2.05, 4.69) is 37.1 Å². The first-order chi connectivity index (χ1) is 6.19. The molecule has 68 valence electrons. The van der Waals surface area contributed by atoms with Gasteiger partial charge in [-0.25, -0.2) is 0 Å². The zero-order valence-electron chi connectivity index (χ0n) is 8.12. The third-order valence-corrected chi connectivity index (χ3v) is 1.88. The predicted molar refractivity (Wildman–Crippen MR) is 57.6 cm³/mol. The Balaban J connectivity index is 3.20. The summed E-state index contributed by atoms with van der Waals surface area (Å²) in [6.07, 6.45) is 1.70. The second-order valence-electron chi connectivity index (χ2n) is 3.16. The van der Waals surface area contributed by atoms with Crippen LogP contribution in [0.5, 0.6) is 0 Å². The van der Waals surface area contributed by atoms with Gasteiger partial charge in [0.2, 0.25) is 0 Å². The van der Waals surface area contributed by atoms with Crippen LogP contribution in [0.25, 0.3) is 6.08 Å². The van der Waals surface area contributed by atoms with Crippen LogP contribution < -0.4 is 0 Å². The molecule has 0 bridgehead atoms. The second-order valence-corrected chi connectivity index (χ2v) is 3.16. The molecule has 0 aliphatic heterocycles. The standard InChI is InChI=1S/C11H14N2/c1-5-9-11(12-4)7-6-10(13-9)8(2)3/h5-8H,1,4H2,2-3H3. The molecule has 0 aliphatic carbocycles. The van der Waals surface area contributed by atoms with Crippen LogP contribution in [0.2, 0.25) is 0 Å². The molecule has 2 heteroatoms. The Morgan fingerprint density at radius 3 is 2.62 bits per heavy atom. The van der Waals surface area contributed by atoms with E-state index in [9.17, 15) is 0 Å². The van der Waals surface area contributed by atoms with Crippen molar-refractivity contribution in [1.82, 2.24) is 4.98 Å². The first-order valence-corrected chi connectivity index (χ1v) is 4.29. The summed E-state index contributed by atoms with van der Waals surface area (Å²) in [6, 6.07) is 3.90. The Morgan fingerprint density at radius 1 is 1.46 bits per heavy atom. The van der Waals surface area contributed by atoms with E-state index in [-0.39, 0.29) is 0 Å². The molecule has 13 heavy (non-hydrogen) atoms. The van der Waals surface area contributed by atoms with Crippen molar-refractivity contribution in [2.75, 3.05) is 0 Å². The van der Waals surface area contributed by atoms with E-state index >= 15 is 0 Å². The fourth-order valence-electron chi connectivity index (χ4n) is 1.09. The van der Waals surface area contributed by atoms with Crippen molar-refractivity contribution in [3.8, 4) is 0 Å². The minimum absolute atomic E-state index is 0.428. The zero-order chi connectivity index (χ0) is 9.84. The first-order valence-electron chi connectivity index (χ1n) is 4.29. The lowest BCUT2D eigenvalue weighted by molar-refractivity contribution is 0.821. The van der Waals surface area contributed by atoms with Gasteiger partial charge in [0.1, 0.15) is 0 Å². The lowest BCUT2D eigenvalue weighted by Gasteiger charge is -2.06. The third kappa shape index (κ3) is 2.02. The summed E-state index contributed by atoms with van der Waals surface area (Å²) in [5.41, 5.74) is 2.66. The molecule has 0 radical (unpaired) electrons. The highest BCUT2D eigenvalue weighted by Crippen LogP contribution is 2.21. The van der Waals surface area contributed by atoms with Crippen molar-refractivity contribution in [3.63, 3.8) is 0 Å². The highest BCUT2D eigenvalue weighted by Gasteiger charge is 2.03.